The third-order valence-corrected chi connectivity index (χ3v) is 5.06. The van der Waals surface area contributed by atoms with Gasteiger partial charge in [0.1, 0.15) is 12.1 Å². The van der Waals surface area contributed by atoms with E-state index in [1.54, 1.807) is 44.8 Å². The first-order chi connectivity index (χ1) is 15.1. The highest BCUT2D eigenvalue weighted by atomic mass is 16.6. The van der Waals surface area contributed by atoms with Gasteiger partial charge in [0.05, 0.1) is 14.2 Å². The summed E-state index contributed by atoms with van der Waals surface area (Å²) in [5.41, 5.74) is 0.379. The number of aryl methyl sites for hydroxylation is 1. The van der Waals surface area contributed by atoms with E-state index in [1.807, 2.05) is 18.2 Å². The van der Waals surface area contributed by atoms with E-state index in [0.29, 0.717) is 56.9 Å². The molecular weight excluding hydrogens is 414 g/mol. The Labute approximate surface area is 190 Å². The molecule has 0 radical (unpaired) electrons. The lowest BCUT2D eigenvalue weighted by Gasteiger charge is -2.23. The van der Waals surface area contributed by atoms with Gasteiger partial charge >= 0.3 is 6.09 Å². The zero-order chi connectivity index (χ0) is 23.7. The van der Waals surface area contributed by atoms with Crippen LogP contribution in [-0.4, -0.2) is 80.3 Å². The molecule has 0 unspecified atom stereocenters. The van der Waals surface area contributed by atoms with E-state index in [9.17, 15) is 14.4 Å². The molecule has 3 amide bonds. The van der Waals surface area contributed by atoms with Crippen molar-refractivity contribution in [1.82, 2.24) is 15.1 Å². The van der Waals surface area contributed by atoms with Gasteiger partial charge < -0.3 is 29.3 Å². The number of carbonyl (C=O) groups excluding carboxylic acids is 3. The minimum atomic E-state index is -0.618. The summed E-state index contributed by atoms with van der Waals surface area (Å²) in [6.45, 7) is 7.24. The Balaban J connectivity index is 1.80. The van der Waals surface area contributed by atoms with E-state index in [4.69, 9.17) is 14.2 Å². The predicted octanol–water partition coefficient (Wildman–Crippen LogP) is 2.22. The van der Waals surface area contributed by atoms with Crippen molar-refractivity contribution in [3.05, 3.63) is 23.8 Å². The largest absolute Gasteiger partial charge is 0.493 e. The number of alkyl carbamates (subject to hydrolysis) is 1. The Morgan fingerprint density at radius 3 is 2.16 bits per heavy atom. The molecule has 178 valence electrons. The molecule has 1 fully saturated rings. The van der Waals surface area contributed by atoms with Gasteiger partial charge in [0.25, 0.3) is 0 Å². The molecule has 9 heteroatoms. The lowest BCUT2D eigenvalue weighted by atomic mass is 10.1. The fourth-order valence-corrected chi connectivity index (χ4v) is 3.44. The maximum Gasteiger partial charge on any atom is 0.408 e. The van der Waals surface area contributed by atoms with Crippen LogP contribution in [0.5, 0.6) is 11.5 Å². The highest BCUT2D eigenvalue weighted by Crippen LogP contribution is 2.28. The predicted molar refractivity (Wildman–Crippen MR) is 120 cm³/mol. The number of amides is 3. The van der Waals surface area contributed by atoms with Crippen LogP contribution in [0.25, 0.3) is 0 Å². The van der Waals surface area contributed by atoms with Crippen molar-refractivity contribution in [3.63, 3.8) is 0 Å². The first kappa shape index (κ1) is 25.3. The summed E-state index contributed by atoms with van der Waals surface area (Å²) >= 11 is 0. The fourth-order valence-electron chi connectivity index (χ4n) is 3.44. The van der Waals surface area contributed by atoms with Crippen LogP contribution in [0.3, 0.4) is 0 Å². The first-order valence-electron chi connectivity index (χ1n) is 10.9. The summed E-state index contributed by atoms with van der Waals surface area (Å²) in [4.78, 5) is 40.4. The average Bonchev–Trinajstić information content (AvgIpc) is 3.00. The minimum absolute atomic E-state index is 0.0564. The van der Waals surface area contributed by atoms with Gasteiger partial charge in [-0.1, -0.05) is 6.07 Å². The van der Waals surface area contributed by atoms with E-state index in [2.05, 4.69) is 5.32 Å². The number of benzene rings is 1. The van der Waals surface area contributed by atoms with Gasteiger partial charge in [0.2, 0.25) is 11.8 Å². The zero-order valence-electron chi connectivity index (χ0n) is 19.7. The molecule has 0 spiro atoms. The number of nitrogens with zero attached hydrogens (tertiary/aromatic N) is 2. The van der Waals surface area contributed by atoms with Crippen molar-refractivity contribution in [1.29, 1.82) is 0 Å². The molecule has 0 atom stereocenters. The van der Waals surface area contributed by atoms with Crippen LogP contribution in [0.2, 0.25) is 0 Å². The molecule has 9 nitrogen and oxygen atoms in total. The van der Waals surface area contributed by atoms with Crippen LogP contribution in [0, 0.1) is 0 Å². The summed E-state index contributed by atoms with van der Waals surface area (Å²) in [5.74, 6) is 1.17. The van der Waals surface area contributed by atoms with Gasteiger partial charge in [-0.05, 0) is 51.3 Å². The Morgan fingerprint density at radius 2 is 1.56 bits per heavy atom. The number of methoxy groups -OCH3 is 2. The average molecular weight is 450 g/mol. The van der Waals surface area contributed by atoms with Crippen LogP contribution in [-0.2, 0) is 20.7 Å². The number of ether oxygens (including phenoxy) is 3. The maximum atomic E-state index is 12.7. The van der Waals surface area contributed by atoms with Gasteiger partial charge in [0, 0.05) is 32.6 Å². The van der Waals surface area contributed by atoms with Crippen LogP contribution in [0.1, 0.15) is 39.2 Å². The highest BCUT2D eigenvalue weighted by molar-refractivity contribution is 5.82. The summed E-state index contributed by atoms with van der Waals surface area (Å²) in [6, 6.07) is 5.64. The molecule has 1 aromatic rings. The van der Waals surface area contributed by atoms with Gasteiger partial charge in [0.15, 0.2) is 11.5 Å². The van der Waals surface area contributed by atoms with E-state index in [-0.39, 0.29) is 18.4 Å². The van der Waals surface area contributed by atoms with Crippen LogP contribution < -0.4 is 14.8 Å². The van der Waals surface area contributed by atoms with Gasteiger partial charge in [-0.2, -0.15) is 0 Å². The lowest BCUT2D eigenvalue weighted by Crippen LogP contribution is -2.43. The summed E-state index contributed by atoms with van der Waals surface area (Å²) < 4.78 is 15.7. The lowest BCUT2D eigenvalue weighted by molar-refractivity contribution is -0.133. The van der Waals surface area contributed by atoms with Crippen LogP contribution >= 0.6 is 0 Å². The molecule has 1 heterocycles. The van der Waals surface area contributed by atoms with Crippen molar-refractivity contribution in [2.45, 2.75) is 45.6 Å². The fraction of sp³-hybridized carbons (Fsp3) is 0.609. The summed E-state index contributed by atoms with van der Waals surface area (Å²) in [6.07, 6.45) is 1.05. The quantitative estimate of drug-likeness (QED) is 0.686. The second kappa shape index (κ2) is 11.6. The summed E-state index contributed by atoms with van der Waals surface area (Å²) in [5, 5.41) is 2.49. The number of hydrogen-bond donors (Lipinski definition) is 1. The summed E-state index contributed by atoms with van der Waals surface area (Å²) in [7, 11) is 3.17. The molecule has 2 rings (SSSR count). The second-order valence-electron chi connectivity index (χ2n) is 8.66. The molecule has 1 N–H and O–H groups in total. The van der Waals surface area contributed by atoms with Crippen molar-refractivity contribution >= 4 is 17.9 Å². The van der Waals surface area contributed by atoms with E-state index in [1.165, 1.54) is 0 Å². The molecular formula is C23H35N3O6. The Bertz CT molecular complexity index is 805. The molecule has 0 bridgehead atoms. The maximum absolute atomic E-state index is 12.7. The normalized spacial score (nSPS) is 14.4. The minimum Gasteiger partial charge on any atom is -0.493 e. The van der Waals surface area contributed by atoms with E-state index >= 15 is 0 Å². The number of hydrogen-bond acceptors (Lipinski definition) is 6. The van der Waals surface area contributed by atoms with Crippen molar-refractivity contribution in [2.24, 2.45) is 0 Å². The van der Waals surface area contributed by atoms with E-state index < -0.39 is 11.7 Å². The van der Waals surface area contributed by atoms with Crippen molar-refractivity contribution in [2.75, 3.05) is 46.9 Å². The second-order valence-corrected chi connectivity index (χ2v) is 8.66. The topological polar surface area (TPSA) is 97.4 Å². The monoisotopic (exact) mass is 449 g/mol. The Kier molecular flexibility index (Phi) is 9.16. The van der Waals surface area contributed by atoms with Crippen LogP contribution in [0.15, 0.2) is 18.2 Å². The van der Waals surface area contributed by atoms with Gasteiger partial charge in [-0.3, -0.25) is 9.59 Å². The number of rotatable bonds is 7. The number of carbonyl (C=O) groups is 3. The van der Waals surface area contributed by atoms with E-state index in [0.717, 1.165) is 5.56 Å². The molecule has 0 saturated carbocycles. The molecule has 0 aliphatic carbocycles. The van der Waals surface area contributed by atoms with Crippen molar-refractivity contribution in [3.8, 4) is 11.5 Å². The molecule has 1 aliphatic heterocycles. The molecule has 32 heavy (non-hydrogen) atoms. The molecule has 1 saturated heterocycles. The number of nitrogens with one attached hydrogen (secondary N) is 1. The SMILES string of the molecule is COc1ccc(CCC(=O)N2CCCN(C(=O)CNC(=O)OC(C)(C)C)CC2)cc1OC. The van der Waals surface area contributed by atoms with Gasteiger partial charge in [-0.25, -0.2) is 4.79 Å². The molecule has 0 aromatic heterocycles. The smallest absolute Gasteiger partial charge is 0.408 e. The standard InChI is InChI=1S/C23H35N3O6/c1-23(2,3)32-22(29)24-16-21(28)26-12-6-11-25(13-14-26)20(27)10-8-17-7-9-18(30-4)19(15-17)31-5/h7,9,15H,6,8,10-14,16H2,1-5H3,(H,24,29). The third kappa shape index (κ3) is 7.94. The Hall–Kier alpha value is -2.97. The molecule has 1 aromatic carbocycles. The Morgan fingerprint density at radius 1 is 0.938 bits per heavy atom. The van der Waals surface area contributed by atoms with Crippen molar-refractivity contribution < 1.29 is 28.6 Å². The van der Waals surface area contributed by atoms with Crippen LogP contribution in [0.4, 0.5) is 4.79 Å². The van der Waals surface area contributed by atoms with Gasteiger partial charge in [-0.15, -0.1) is 0 Å². The molecule has 1 aliphatic rings. The highest BCUT2D eigenvalue weighted by Gasteiger charge is 2.23. The first-order valence-corrected chi connectivity index (χ1v) is 10.9. The zero-order valence-corrected chi connectivity index (χ0v) is 19.7. The third-order valence-electron chi connectivity index (χ3n) is 5.06.